The third kappa shape index (κ3) is 5.53. The first-order valence-electron chi connectivity index (χ1n) is 8.32. The van der Waals surface area contributed by atoms with E-state index in [1.54, 1.807) is 0 Å². The van der Waals surface area contributed by atoms with Crippen molar-refractivity contribution in [2.24, 2.45) is 5.41 Å². The maximum Gasteiger partial charge on any atom is 0.220 e. The highest BCUT2D eigenvalue weighted by molar-refractivity contribution is 5.76. The van der Waals surface area contributed by atoms with Crippen molar-refractivity contribution < 1.29 is 23.0 Å². The Morgan fingerprint density at radius 2 is 2.00 bits per heavy atom. The van der Waals surface area contributed by atoms with Gasteiger partial charge in [0.2, 0.25) is 5.91 Å². The van der Waals surface area contributed by atoms with E-state index in [-0.39, 0.29) is 36.0 Å². The van der Waals surface area contributed by atoms with E-state index in [0.29, 0.717) is 19.8 Å². The number of ether oxygens (including phenoxy) is 2. The van der Waals surface area contributed by atoms with Crippen LogP contribution in [-0.4, -0.2) is 32.0 Å². The van der Waals surface area contributed by atoms with Crippen molar-refractivity contribution in [3.63, 3.8) is 0 Å². The van der Waals surface area contributed by atoms with Crippen LogP contribution in [0.3, 0.4) is 0 Å². The van der Waals surface area contributed by atoms with Crippen LogP contribution in [0, 0.1) is 17.0 Å². The largest absolute Gasteiger partial charge is 0.356 e. The molecule has 0 saturated carbocycles. The van der Waals surface area contributed by atoms with Gasteiger partial charge in [-0.1, -0.05) is 13.8 Å². The lowest BCUT2D eigenvalue weighted by Gasteiger charge is -2.29. The van der Waals surface area contributed by atoms with E-state index >= 15 is 0 Å². The van der Waals surface area contributed by atoms with E-state index in [1.807, 2.05) is 0 Å². The highest BCUT2D eigenvalue weighted by Gasteiger charge is 2.33. The topological polar surface area (TPSA) is 47.6 Å². The molecule has 1 aromatic carbocycles. The van der Waals surface area contributed by atoms with Crippen molar-refractivity contribution in [1.82, 2.24) is 5.32 Å². The molecule has 0 radical (unpaired) electrons. The number of carbonyl (C=O) groups is 1. The summed E-state index contributed by atoms with van der Waals surface area (Å²) in [5, 5.41) is 2.81. The Morgan fingerprint density at radius 1 is 1.29 bits per heavy atom. The van der Waals surface area contributed by atoms with Crippen LogP contribution in [0.15, 0.2) is 18.2 Å². The molecule has 1 N–H and O–H groups in total. The fourth-order valence-electron chi connectivity index (χ4n) is 2.77. The number of hydrogen-bond acceptors (Lipinski definition) is 3. The number of nitrogens with one attached hydrogen (secondary N) is 1. The van der Waals surface area contributed by atoms with Gasteiger partial charge in [-0.3, -0.25) is 4.79 Å². The maximum absolute atomic E-state index is 13.5. The molecule has 1 aliphatic rings. The first-order valence-corrected chi connectivity index (χ1v) is 8.32. The Labute approximate surface area is 141 Å². The van der Waals surface area contributed by atoms with E-state index in [4.69, 9.17) is 9.47 Å². The number of benzene rings is 1. The summed E-state index contributed by atoms with van der Waals surface area (Å²) in [6.07, 6.45) is 1.79. The van der Waals surface area contributed by atoms with Crippen LogP contribution in [0.5, 0.6) is 0 Å². The molecule has 0 spiro atoms. The van der Waals surface area contributed by atoms with Crippen molar-refractivity contribution in [2.45, 2.75) is 45.8 Å². The molecule has 6 heteroatoms. The fourth-order valence-corrected chi connectivity index (χ4v) is 2.77. The van der Waals surface area contributed by atoms with E-state index in [2.05, 4.69) is 19.2 Å². The van der Waals surface area contributed by atoms with Gasteiger partial charge in [-0.15, -0.1) is 0 Å². The Hall–Kier alpha value is -1.53. The molecule has 134 valence electrons. The number of hydrogen-bond donors (Lipinski definition) is 1. The minimum Gasteiger partial charge on any atom is -0.356 e. The lowest BCUT2D eigenvalue weighted by atomic mass is 9.87. The van der Waals surface area contributed by atoms with Crippen molar-refractivity contribution in [1.29, 1.82) is 0 Å². The standard InChI is InChI=1S/C18H25F2NO3/c1-18(2,17-23-10-11-24-17)8-3-9-21-16(22)7-4-13-12-14(19)5-6-15(13)20/h5-6,12,17H,3-4,7-11H2,1-2H3,(H,21,22). The summed E-state index contributed by atoms with van der Waals surface area (Å²) in [4.78, 5) is 11.8. The molecular weight excluding hydrogens is 316 g/mol. The summed E-state index contributed by atoms with van der Waals surface area (Å²) < 4.78 is 37.6. The first-order chi connectivity index (χ1) is 11.4. The number of carbonyl (C=O) groups excluding carboxylic acids is 1. The molecule has 1 aromatic rings. The third-order valence-corrected chi connectivity index (χ3v) is 4.21. The van der Waals surface area contributed by atoms with E-state index in [1.165, 1.54) is 0 Å². The second-order valence-corrected chi connectivity index (χ2v) is 6.75. The quantitative estimate of drug-likeness (QED) is 0.739. The van der Waals surface area contributed by atoms with Crippen molar-refractivity contribution >= 4 is 5.91 Å². The van der Waals surface area contributed by atoms with Crippen LogP contribution in [0.2, 0.25) is 0 Å². The fraction of sp³-hybridized carbons (Fsp3) is 0.611. The predicted molar refractivity (Wildman–Crippen MR) is 86.4 cm³/mol. The maximum atomic E-state index is 13.5. The van der Waals surface area contributed by atoms with Gasteiger partial charge < -0.3 is 14.8 Å². The molecule has 0 unspecified atom stereocenters. The number of aryl methyl sites for hydroxylation is 1. The lowest BCUT2D eigenvalue weighted by molar-refractivity contribution is -0.124. The number of amides is 1. The Bertz CT molecular complexity index is 557. The average Bonchev–Trinajstić information content (AvgIpc) is 3.08. The minimum absolute atomic E-state index is 0.105. The lowest BCUT2D eigenvalue weighted by Crippen LogP contribution is -2.32. The predicted octanol–water partition coefficient (Wildman–Crippen LogP) is 3.19. The third-order valence-electron chi connectivity index (χ3n) is 4.21. The summed E-state index contributed by atoms with van der Waals surface area (Å²) in [7, 11) is 0. The molecule has 0 aromatic heterocycles. The first kappa shape index (κ1) is 18.8. The monoisotopic (exact) mass is 341 g/mol. The SMILES string of the molecule is CC(C)(CCCNC(=O)CCc1cc(F)ccc1F)C1OCCO1. The van der Waals surface area contributed by atoms with Gasteiger partial charge in [0.15, 0.2) is 6.29 Å². The highest BCUT2D eigenvalue weighted by atomic mass is 19.1. The second-order valence-electron chi connectivity index (χ2n) is 6.75. The van der Waals surface area contributed by atoms with Crippen LogP contribution < -0.4 is 5.32 Å². The molecule has 0 bridgehead atoms. The minimum atomic E-state index is -0.495. The summed E-state index contributed by atoms with van der Waals surface area (Å²) in [6, 6.07) is 3.28. The van der Waals surface area contributed by atoms with Gasteiger partial charge in [-0.2, -0.15) is 0 Å². The zero-order chi connectivity index (χ0) is 17.6. The van der Waals surface area contributed by atoms with Gasteiger partial charge in [-0.05, 0) is 43.0 Å². The van der Waals surface area contributed by atoms with Gasteiger partial charge >= 0.3 is 0 Å². The van der Waals surface area contributed by atoms with Crippen LogP contribution in [-0.2, 0) is 20.7 Å². The van der Waals surface area contributed by atoms with Crippen molar-refractivity contribution in [3.05, 3.63) is 35.4 Å². The van der Waals surface area contributed by atoms with E-state index in [0.717, 1.165) is 31.0 Å². The van der Waals surface area contributed by atoms with E-state index < -0.39 is 11.6 Å². The number of rotatable bonds is 8. The average molecular weight is 341 g/mol. The van der Waals surface area contributed by atoms with Crippen LogP contribution >= 0.6 is 0 Å². The Balaban J connectivity index is 1.65. The molecule has 1 fully saturated rings. The van der Waals surface area contributed by atoms with Crippen molar-refractivity contribution in [3.8, 4) is 0 Å². The van der Waals surface area contributed by atoms with Crippen molar-refractivity contribution in [2.75, 3.05) is 19.8 Å². The molecule has 1 saturated heterocycles. The molecule has 2 rings (SSSR count). The van der Waals surface area contributed by atoms with Gasteiger partial charge in [0.25, 0.3) is 0 Å². The highest BCUT2D eigenvalue weighted by Crippen LogP contribution is 2.31. The molecule has 0 atom stereocenters. The van der Waals surface area contributed by atoms with E-state index in [9.17, 15) is 13.6 Å². The zero-order valence-corrected chi connectivity index (χ0v) is 14.2. The molecule has 24 heavy (non-hydrogen) atoms. The molecule has 0 aliphatic carbocycles. The molecular formula is C18H25F2NO3. The summed E-state index contributed by atoms with van der Waals surface area (Å²) >= 11 is 0. The van der Waals surface area contributed by atoms with Gasteiger partial charge in [0, 0.05) is 18.4 Å². The van der Waals surface area contributed by atoms with Crippen LogP contribution in [0.1, 0.15) is 38.7 Å². The zero-order valence-electron chi connectivity index (χ0n) is 14.2. The van der Waals surface area contributed by atoms with Gasteiger partial charge in [0.05, 0.1) is 13.2 Å². The molecule has 4 nitrogen and oxygen atoms in total. The summed E-state index contributed by atoms with van der Waals surface area (Å²) in [6.45, 7) is 5.96. The number of halogens is 2. The normalized spacial score (nSPS) is 15.7. The smallest absolute Gasteiger partial charge is 0.220 e. The molecule has 1 heterocycles. The van der Waals surface area contributed by atoms with Crippen LogP contribution in [0.25, 0.3) is 0 Å². The van der Waals surface area contributed by atoms with Gasteiger partial charge in [-0.25, -0.2) is 8.78 Å². The second kappa shape index (κ2) is 8.53. The molecule has 1 amide bonds. The summed E-state index contributed by atoms with van der Waals surface area (Å²) in [5.41, 5.74) is 0.119. The summed E-state index contributed by atoms with van der Waals surface area (Å²) in [5.74, 6) is -1.14. The van der Waals surface area contributed by atoms with Crippen LogP contribution in [0.4, 0.5) is 8.78 Å². The van der Waals surface area contributed by atoms with Gasteiger partial charge in [0.1, 0.15) is 11.6 Å². The molecule has 1 aliphatic heterocycles. The Morgan fingerprint density at radius 3 is 2.71 bits per heavy atom. The Kier molecular flexibility index (Phi) is 6.69.